The van der Waals surface area contributed by atoms with Gasteiger partial charge in [0.05, 0.1) is 32.0 Å². The monoisotopic (exact) mass is 300 g/mol. The topological polar surface area (TPSA) is 71.0 Å². The lowest BCUT2D eigenvalue weighted by Gasteiger charge is -2.30. The Kier molecular flexibility index (Phi) is 5.60. The van der Waals surface area contributed by atoms with Gasteiger partial charge in [0.2, 0.25) is 5.91 Å². The van der Waals surface area contributed by atoms with E-state index in [2.05, 4.69) is 10.2 Å². The second-order valence-corrected chi connectivity index (χ2v) is 7.19. The van der Waals surface area contributed by atoms with Crippen molar-refractivity contribution in [2.45, 2.75) is 45.4 Å². The Balaban J connectivity index is 1.78. The van der Waals surface area contributed by atoms with Gasteiger partial charge in [0.25, 0.3) is 0 Å². The van der Waals surface area contributed by atoms with Gasteiger partial charge >= 0.3 is 0 Å². The highest BCUT2D eigenvalue weighted by Crippen LogP contribution is 2.20. The summed E-state index contributed by atoms with van der Waals surface area (Å²) < 4.78 is 11.0. The number of morpholine rings is 1. The van der Waals surface area contributed by atoms with Gasteiger partial charge in [0.1, 0.15) is 6.10 Å². The number of nitrogens with zero attached hydrogens (tertiary/aromatic N) is 1. The number of ether oxygens (including phenoxy) is 2. The Morgan fingerprint density at radius 2 is 2.00 bits per heavy atom. The van der Waals surface area contributed by atoms with Gasteiger partial charge < -0.3 is 19.9 Å². The Morgan fingerprint density at radius 3 is 2.62 bits per heavy atom. The minimum atomic E-state index is -0.642. The predicted molar refractivity (Wildman–Crippen MR) is 79.0 cm³/mol. The lowest BCUT2D eigenvalue weighted by Crippen LogP contribution is -2.48. The fraction of sp³-hybridized carbons (Fsp3) is 0.933. The van der Waals surface area contributed by atoms with Crippen LogP contribution in [-0.2, 0) is 14.3 Å². The zero-order valence-corrected chi connectivity index (χ0v) is 13.3. The van der Waals surface area contributed by atoms with Crippen LogP contribution < -0.4 is 5.32 Å². The molecule has 3 atom stereocenters. The van der Waals surface area contributed by atoms with Crippen molar-refractivity contribution in [2.75, 3.05) is 39.5 Å². The maximum atomic E-state index is 12.0. The molecule has 0 aliphatic carbocycles. The number of carbonyl (C=O) groups excluding carboxylic acids is 1. The Labute approximate surface area is 126 Å². The molecule has 2 aliphatic heterocycles. The number of aliphatic hydroxyl groups excluding tert-OH is 1. The highest BCUT2D eigenvalue weighted by Gasteiger charge is 2.38. The normalized spacial score (nSPS) is 31.3. The van der Waals surface area contributed by atoms with Gasteiger partial charge in [-0.1, -0.05) is 20.8 Å². The highest BCUT2D eigenvalue weighted by molar-refractivity contribution is 5.77. The number of nitrogens with one attached hydrogen (secondary N) is 1. The molecule has 2 fully saturated rings. The first-order valence-corrected chi connectivity index (χ1v) is 7.74. The fourth-order valence-electron chi connectivity index (χ4n) is 2.75. The third-order valence-corrected chi connectivity index (χ3v) is 3.86. The molecule has 0 bridgehead atoms. The third-order valence-electron chi connectivity index (χ3n) is 3.86. The zero-order valence-electron chi connectivity index (χ0n) is 13.3. The molecule has 0 unspecified atom stereocenters. The molecule has 2 rings (SSSR count). The molecule has 2 N–H and O–H groups in total. The van der Waals surface area contributed by atoms with Crippen LogP contribution in [0, 0.1) is 5.41 Å². The summed E-state index contributed by atoms with van der Waals surface area (Å²) in [5, 5.41) is 13.2. The maximum Gasteiger partial charge on any atom is 0.220 e. The summed E-state index contributed by atoms with van der Waals surface area (Å²) in [5.74, 6) is -0.0258. The average Bonchev–Trinajstić information content (AvgIpc) is 2.70. The van der Waals surface area contributed by atoms with Crippen LogP contribution in [0.25, 0.3) is 0 Å². The van der Waals surface area contributed by atoms with Crippen LogP contribution >= 0.6 is 0 Å². The summed E-state index contributed by atoms with van der Waals surface area (Å²) in [6.07, 6.45) is -0.426. The largest absolute Gasteiger partial charge is 0.388 e. The van der Waals surface area contributed by atoms with E-state index in [-0.39, 0.29) is 23.5 Å². The molecule has 0 radical (unpaired) electrons. The number of amides is 1. The molecule has 2 heterocycles. The maximum absolute atomic E-state index is 12.0. The van der Waals surface area contributed by atoms with Crippen molar-refractivity contribution in [1.29, 1.82) is 0 Å². The van der Waals surface area contributed by atoms with Gasteiger partial charge in [-0.25, -0.2) is 0 Å². The molecular weight excluding hydrogens is 272 g/mol. The summed E-state index contributed by atoms with van der Waals surface area (Å²) in [5.41, 5.74) is -0.0539. The summed E-state index contributed by atoms with van der Waals surface area (Å²) in [6.45, 7) is 10.3. The van der Waals surface area contributed by atoms with Crippen LogP contribution in [0.3, 0.4) is 0 Å². The third kappa shape index (κ3) is 5.21. The van der Waals surface area contributed by atoms with E-state index in [9.17, 15) is 9.90 Å². The standard InChI is InChI=1S/C15H28N2O4/c1-15(2,3)8-13(18)16-11-10-21-12(14(11)19)9-17-4-6-20-7-5-17/h11-12,14,19H,4-10H2,1-3H3,(H,16,18)/t11-,12-,14+/m0/s1. The smallest absolute Gasteiger partial charge is 0.220 e. The van der Waals surface area contributed by atoms with E-state index in [1.54, 1.807) is 0 Å². The van der Waals surface area contributed by atoms with Crippen LogP contribution in [0.4, 0.5) is 0 Å². The van der Waals surface area contributed by atoms with Crippen molar-refractivity contribution >= 4 is 5.91 Å². The van der Waals surface area contributed by atoms with E-state index >= 15 is 0 Å². The minimum absolute atomic E-state index is 0.0258. The van der Waals surface area contributed by atoms with Gasteiger partial charge in [0.15, 0.2) is 0 Å². The summed E-state index contributed by atoms with van der Waals surface area (Å²) in [6, 6.07) is -0.300. The number of rotatable bonds is 4. The summed E-state index contributed by atoms with van der Waals surface area (Å²) in [7, 11) is 0. The van der Waals surface area contributed by atoms with Gasteiger partial charge in [-0.15, -0.1) is 0 Å². The van der Waals surface area contributed by atoms with E-state index in [4.69, 9.17) is 9.47 Å². The van der Waals surface area contributed by atoms with E-state index in [0.29, 0.717) is 19.6 Å². The molecule has 122 valence electrons. The molecule has 2 saturated heterocycles. The summed E-state index contributed by atoms with van der Waals surface area (Å²) >= 11 is 0. The van der Waals surface area contributed by atoms with Gasteiger partial charge in [0, 0.05) is 26.1 Å². The van der Waals surface area contributed by atoms with Crippen molar-refractivity contribution < 1.29 is 19.4 Å². The quantitative estimate of drug-likeness (QED) is 0.765. The SMILES string of the molecule is CC(C)(C)CC(=O)N[C@H]1CO[C@@H](CN2CCOCC2)[C@@H]1O. The number of hydrogen-bond acceptors (Lipinski definition) is 5. The molecule has 6 nitrogen and oxygen atoms in total. The molecule has 0 aromatic heterocycles. The number of hydrogen-bond donors (Lipinski definition) is 2. The van der Waals surface area contributed by atoms with Crippen LogP contribution in [0.5, 0.6) is 0 Å². The van der Waals surface area contributed by atoms with Crippen LogP contribution in [0.2, 0.25) is 0 Å². The van der Waals surface area contributed by atoms with Gasteiger partial charge in [-0.2, -0.15) is 0 Å². The number of carbonyl (C=O) groups is 1. The van der Waals surface area contributed by atoms with Crippen molar-refractivity contribution in [2.24, 2.45) is 5.41 Å². The molecule has 0 saturated carbocycles. The van der Waals surface area contributed by atoms with Crippen LogP contribution in [0.15, 0.2) is 0 Å². The van der Waals surface area contributed by atoms with Crippen LogP contribution in [0.1, 0.15) is 27.2 Å². The first-order valence-electron chi connectivity index (χ1n) is 7.74. The molecule has 6 heteroatoms. The molecule has 0 aromatic carbocycles. The lowest BCUT2D eigenvalue weighted by atomic mass is 9.91. The lowest BCUT2D eigenvalue weighted by molar-refractivity contribution is -0.124. The minimum Gasteiger partial charge on any atom is -0.388 e. The molecule has 1 amide bonds. The Morgan fingerprint density at radius 1 is 1.33 bits per heavy atom. The van der Waals surface area contributed by atoms with E-state index < -0.39 is 6.10 Å². The molecule has 21 heavy (non-hydrogen) atoms. The van der Waals surface area contributed by atoms with Crippen molar-refractivity contribution in [3.63, 3.8) is 0 Å². The van der Waals surface area contributed by atoms with E-state index in [0.717, 1.165) is 26.3 Å². The fourth-order valence-corrected chi connectivity index (χ4v) is 2.75. The highest BCUT2D eigenvalue weighted by atomic mass is 16.5. The first kappa shape index (κ1) is 16.7. The van der Waals surface area contributed by atoms with Crippen molar-refractivity contribution in [3.8, 4) is 0 Å². The second-order valence-electron chi connectivity index (χ2n) is 7.19. The van der Waals surface area contributed by atoms with E-state index in [1.165, 1.54) is 0 Å². The van der Waals surface area contributed by atoms with E-state index in [1.807, 2.05) is 20.8 Å². The Bertz CT molecular complexity index is 350. The number of aliphatic hydroxyl groups is 1. The molecule has 0 aromatic rings. The van der Waals surface area contributed by atoms with Crippen LogP contribution in [-0.4, -0.2) is 73.6 Å². The second kappa shape index (κ2) is 7.05. The first-order chi connectivity index (χ1) is 9.85. The molecular formula is C15H28N2O4. The average molecular weight is 300 g/mol. The predicted octanol–water partition coefficient (Wildman–Crippen LogP) is -0.000700. The van der Waals surface area contributed by atoms with Gasteiger partial charge in [-0.3, -0.25) is 9.69 Å². The zero-order chi connectivity index (χ0) is 15.5. The van der Waals surface area contributed by atoms with Crippen molar-refractivity contribution in [1.82, 2.24) is 10.2 Å². The van der Waals surface area contributed by atoms with Gasteiger partial charge in [-0.05, 0) is 5.41 Å². The Hall–Kier alpha value is -0.690. The summed E-state index contributed by atoms with van der Waals surface area (Å²) in [4.78, 5) is 14.2. The molecule has 0 spiro atoms. The molecule has 2 aliphatic rings. The van der Waals surface area contributed by atoms with Crippen molar-refractivity contribution in [3.05, 3.63) is 0 Å².